The van der Waals surface area contributed by atoms with E-state index in [-0.39, 0.29) is 17.7 Å². The molecule has 0 radical (unpaired) electrons. The lowest BCUT2D eigenvalue weighted by molar-refractivity contribution is -0.136. The van der Waals surface area contributed by atoms with Crippen LogP contribution in [0, 0.1) is 5.92 Å². The van der Waals surface area contributed by atoms with Gasteiger partial charge in [-0.1, -0.05) is 13.8 Å². The fourth-order valence-corrected chi connectivity index (χ4v) is 3.76. The SMILES string of the molecule is CC(C)CN(C(=O)CO)C1CCS(O)(O)C1. The zero-order chi connectivity index (χ0) is 12.3. The molecule has 1 amide bonds. The van der Waals surface area contributed by atoms with Gasteiger partial charge < -0.3 is 10.0 Å². The monoisotopic (exact) mass is 251 g/mol. The molecule has 1 aliphatic rings. The van der Waals surface area contributed by atoms with Gasteiger partial charge in [-0.15, -0.1) is 0 Å². The third-order valence-corrected chi connectivity index (χ3v) is 4.50. The van der Waals surface area contributed by atoms with Crippen LogP contribution in [0.4, 0.5) is 0 Å². The van der Waals surface area contributed by atoms with Crippen molar-refractivity contribution in [3.8, 4) is 0 Å². The molecule has 0 bridgehead atoms. The molecule has 1 fully saturated rings. The summed E-state index contributed by atoms with van der Waals surface area (Å²) in [7, 11) is -2.49. The summed E-state index contributed by atoms with van der Waals surface area (Å²) < 4.78 is 19.1. The summed E-state index contributed by atoms with van der Waals surface area (Å²) in [5.41, 5.74) is 0. The van der Waals surface area contributed by atoms with E-state index in [1.54, 1.807) is 4.90 Å². The molecule has 96 valence electrons. The van der Waals surface area contributed by atoms with Crippen LogP contribution in [-0.4, -0.2) is 55.7 Å². The predicted octanol–water partition coefficient (Wildman–Crippen LogP) is 0.986. The average molecular weight is 251 g/mol. The Morgan fingerprint density at radius 1 is 1.50 bits per heavy atom. The molecule has 1 aliphatic heterocycles. The number of hydrogen-bond donors (Lipinski definition) is 3. The molecule has 0 aromatic carbocycles. The Kier molecular flexibility index (Phi) is 4.61. The molecular formula is C10H21NO4S. The first-order chi connectivity index (χ1) is 7.35. The number of carbonyl (C=O) groups is 1. The number of aliphatic hydroxyl groups excluding tert-OH is 1. The van der Waals surface area contributed by atoms with Crippen molar-refractivity contribution in [2.75, 3.05) is 24.7 Å². The first-order valence-corrected chi connectivity index (χ1v) is 7.38. The van der Waals surface area contributed by atoms with Gasteiger partial charge in [0.2, 0.25) is 5.91 Å². The molecule has 0 aromatic heterocycles. The van der Waals surface area contributed by atoms with Gasteiger partial charge in [-0.2, -0.15) is 10.6 Å². The molecular weight excluding hydrogens is 230 g/mol. The topological polar surface area (TPSA) is 81.0 Å². The molecule has 1 heterocycles. The van der Waals surface area contributed by atoms with Gasteiger partial charge in [0.05, 0.1) is 11.8 Å². The predicted molar refractivity (Wildman–Crippen MR) is 64.6 cm³/mol. The van der Waals surface area contributed by atoms with Gasteiger partial charge >= 0.3 is 0 Å². The second-order valence-electron chi connectivity index (χ2n) is 4.71. The highest BCUT2D eigenvalue weighted by Gasteiger charge is 2.34. The van der Waals surface area contributed by atoms with Crippen LogP contribution < -0.4 is 0 Å². The Morgan fingerprint density at radius 3 is 2.50 bits per heavy atom. The molecule has 0 spiro atoms. The van der Waals surface area contributed by atoms with E-state index in [4.69, 9.17) is 5.11 Å². The van der Waals surface area contributed by atoms with E-state index in [9.17, 15) is 13.9 Å². The van der Waals surface area contributed by atoms with E-state index >= 15 is 0 Å². The van der Waals surface area contributed by atoms with Crippen molar-refractivity contribution >= 4 is 16.5 Å². The van der Waals surface area contributed by atoms with Crippen LogP contribution in [0.5, 0.6) is 0 Å². The van der Waals surface area contributed by atoms with Crippen LogP contribution in [0.25, 0.3) is 0 Å². The second-order valence-corrected chi connectivity index (χ2v) is 7.06. The summed E-state index contributed by atoms with van der Waals surface area (Å²) >= 11 is 0. The number of amides is 1. The van der Waals surface area contributed by atoms with E-state index < -0.39 is 17.2 Å². The van der Waals surface area contributed by atoms with Gasteiger partial charge in [0.15, 0.2) is 0 Å². The first kappa shape index (κ1) is 13.8. The lowest BCUT2D eigenvalue weighted by Gasteiger charge is -2.32. The van der Waals surface area contributed by atoms with Crippen molar-refractivity contribution in [3.05, 3.63) is 0 Å². The smallest absolute Gasteiger partial charge is 0.248 e. The fraction of sp³-hybridized carbons (Fsp3) is 0.900. The first-order valence-electron chi connectivity index (χ1n) is 5.49. The maximum atomic E-state index is 11.6. The molecule has 1 unspecified atom stereocenters. The summed E-state index contributed by atoms with van der Waals surface area (Å²) in [6, 6.07) is -0.132. The highest BCUT2D eigenvalue weighted by Crippen LogP contribution is 2.47. The summed E-state index contributed by atoms with van der Waals surface area (Å²) in [6.45, 7) is 4.03. The fourth-order valence-electron chi connectivity index (χ4n) is 1.98. The van der Waals surface area contributed by atoms with Gasteiger partial charge in [-0.05, 0) is 12.3 Å². The molecule has 5 nitrogen and oxygen atoms in total. The van der Waals surface area contributed by atoms with E-state index in [1.165, 1.54) is 0 Å². The minimum absolute atomic E-state index is 0.132. The summed E-state index contributed by atoms with van der Waals surface area (Å²) in [6.07, 6.45) is 0.612. The molecule has 3 N–H and O–H groups in total. The standard InChI is InChI=1S/C10H21NO4S/c1-8(2)5-11(10(13)6-12)9-3-4-16(14,15)7-9/h8-9,12,14-15H,3-7H2,1-2H3. The number of aliphatic hydroxyl groups is 1. The van der Waals surface area contributed by atoms with Gasteiger partial charge in [-0.25, -0.2) is 0 Å². The maximum absolute atomic E-state index is 11.6. The number of hydrogen-bond acceptors (Lipinski definition) is 4. The minimum atomic E-state index is -2.49. The lowest BCUT2D eigenvalue weighted by Crippen LogP contribution is -2.44. The van der Waals surface area contributed by atoms with E-state index in [0.29, 0.717) is 24.6 Å². The van der Waals surface area contributed by atoms with E-state index in [2.05, 4.69) is 0 Å². The van der Waals surface area contributed by atoms with E-state index in [0.717, 1.165) is 0 Å². The van der Waals surface area contributed by atoms with Crippen molar-refractivity contribution in [3.63, 3.8) is 0 Å². The number of carbonyl (C=O) groups excluding carboxylic acids is 1. The van der Waals surface area contributed by atoms with Gasteiger partial charge in [0, 0.05) is 12.3 Å². The highest BCUT2D eigenvalue weighted by atomic mass is 32.3. The van der Waals surface area contributed by atoms with Crippen molar-refractivity contribution in [1.29, 1.82) is 0 Å². The normalized spacial score (nSPS) is 25.8. The molecule has 0 aromatic rings. The lowest BCUT2D eigenvalue weighted by atomic mass is 10.1. The Hall–Kier alpha value is -0.300. The quantitative estimate of drug-likeness (QED) is 0.696. The van der Waals surface area contributed by atoms with Gasteiger partial charge in [0.25, 0.3) is 0 Å². The summed E-state index contributed by atoms with van der Waals surface area (Å²) in [5, 5.41) is 8.90. The molecule has 1 atom stereocenters. The minimum Gasteiger partial charge on any atom is -0.387 e. The zero-order valence-corrected chi connectivity index (χ0v) is 10.6. The van der Waals surface area contributed by atoms with Crippen LogP contribution in [0.3, 0.4) is 0 Å². The summed E-state index contributed by atoms with van der Waals surface area (Å²) in [4.78, 5) is 13.2. The third kappa shape index (κ3) is 3.62. The van der Waals surface area contributed by atoms with Crippen LogP contribution in [0.2, 0.25) is 0 Å². The average Bonchev–Trinajstić information content (AvgIpc) is 2.53. The van der Waals surface area contributed by atoms with Crippen LogP contribution >= 0.6 is 10.6 Å². The molecule has 0 saturated carbocycles. The second kappa shape index (κ2) is 5.35. The molecule has 16 heavy (non-hydrogen) atoms. The maximum Gasteiger partial charge on any atom is 0.248 e. The zero-order valence-electron chi connectivity index (χ0n) is 9.80. The Bertz CT molecular complexity index is 257. The molecule has 0 aliphatic carbocycles. The van der Waals surface area contributed by atoms with Crippen LogP contribution in [0.15, 0.2) is 0 Å². The van der Waals surface area contributed by atoms with E-state index in [1.807, 2.05) is 13.8 Å². The number of rotatable bonds is 4. The Labute approximate surface area is 97.8 Å². The highest BCUT2D eigenvalue weighted by molar-refractivity contribution is 8.24. The molecule has 1 rings (SSSR count). The van der Waals surface area contributed by atoms with Crippen molar-refractivity contribution in [2.24, 2.45) is 5.92 Å². The van der Waals surface area contributed by atoms with Crippen LogP contribution in [0.1, 0.15) is 20.3 Å². The van der Waals surface area contributed by atoms with Gasteiger partial charge in [0.1, 0.15) is 6.61 Å². The van der Waals surface area contributed by atoms with Gasteiger partial charge in [-0.3, -0.25) is 13.9 Å². The number of nitrogens with zero attached hydrogens (tertiary/aromatic N) is 1. The Morgan fingerprint density at radius 2 is 2.12 bits per heavy atom. The van der Waals surface area contributed by atoms with Crippen molar-refractivity contribution in [1.82, 2.24) is 4.90 Å². The largest absolute Gasteiger partial charge is 0.387 e. The molecule has 1 saturated heterocycles. The van der Waals surface area contributed by atoms with Crippen molar-refractivity contribution in [2.45, 2.75) is 26.3 Å². The Balaban J connectivity index is 2.66. The third-order valence-electron chi connectivity index (χ3n) is 2.70. The van der Waals surface area contributed by atoms with Crippen molar-refractivity contribution < 1.29 is 19.0 Å². The molecule has 6 heteroatoms. The van der Waals surface area contributed by atoms with Crippen LogP contribution in [-0.2, 0) is 4.79 Å². The summed E-state index contributed by atoms with van der Waals surface area (Å²) in [5.74, 6) is 0.602.